The zero-order valence-corrected chi connectivity index (χ0v) is 14.2. The fourth-order valence-corrected chi connectivity index (χ4v) is 2.87. The molecule has 2 N–H and O–H groups in total. The van der Waals surface area contributed by atoms with Gasteiger partial charge in [-0.3, -0.25) is 9.59 Å². The Hall–Kier alpha value is -1.37. The highest BCUT2D eigenvalue weighted by atomic mass is 35.5. The second-order valence-corrected chi connectivity index (χ2v) is 6.24. The van der Waals surface area contributed by atoms with Crippen LogP contribution in [-0.2, 0) is 9.59 Å². The average Bonchev–Trinajstić information content (AvgIpc) is 2.48. The van der Waals surface area contributed by atoms with E-state index in [1.54, 1.807) is 12.1 Å². The summed E-state index contributed by atoms with van der Waals surface area (Å²) in [4.78, 5) is 30.3. The predicted molar refractivity (Wildman–Crippen MR) is 90.8 cm³/mol. The van der Waals surface area contributed by atoms with Gasteiger partial charge < -0.3 is 15.5 Å². The van der Waals surface area contributed by atoms with Crippen molar-refractivity contribution >= 4 is 41.6 Å². The molecule has 0 saturated carbocycles. The molecule has 0 aromatic carbocycles. The highest BCUT2D eigenvalue weighted by Crippen LogP contribution is 2.21. The molecule has 3 rings (SSSR count). The minimum atomic E-state index is -0.0685. The molecule has 2 aliphatic rings. The Morgan fingerprint density at radius 2 is 1.91 bits per heavy atom. The number of piperidine rings is 1. The predicted octanol–water partition coefficient (Wildman–Crippen LogP) is 1.55. The Balaban J connectivity index is 0.00000192. The molecule has 2 saturated heterocycles. The van der Waals surface area contributed by atoms with E-state index < -0.39 is 0 Å². The molecule has 0 atom stereocenters. The number of pyridine rings is 1. The normalized spacial score (nSPS) is 18.7. The molecule has 0 bridgehead atoms. The highest BCUT2D eigenvalue weighted by molar-refractivity contribution is 6.30. The number of nitrogens with zero attached hydrogens (tertiary/aromatic N) is 2. The fraction of sp³-hybridized carbons (Fsp3) is 0.533. The van der Waals surface area contributed by atoms with Crippen molar-refractivity contribution in [2.45, 2.75) is 12.8 Å². The Bertz CT molecular complexity index is 555. The van der Waals surface area contributed by atoms with Gasteiger partial charge in [-0.25, -0.2) is 4.98 Å². The van der Waals surface area contributed by atoms with Crippen molar-refractivity contribution in [3.8, 4) is 0 Å². The summed E-state index contributed by atoms with van der Waals surface area (Å²) in [6, 6.07) is 3.38. The van der Waals surface area contributed by atoms with Crippen LogP contribution in [0.15, 0.2) is 18.3 Å². The van der Waals surface area contributed by atoms with Gasteiger partial charge in [0.25, 0.3) is 0 Å². The topological polar surface area (TPSA) is 74.3 Å². The number of amides is 2. The first-order valence-electron chi connectivity index (χ1n) is 7.55. The van der Waals surface area contributed by atoms with Gasteiger partial charge in [0.2, 0.25) is 11.8 Å². The smallest absolute Gasteiger partial charge is 0.228 e. The van der Waals surface area contributed by atoms with E-state index in [0.717, 1.165) is 13.1 Å². The third-order valence-electron chi connectivity index (χ3n) is 4.29. The molecule has 8 heteroatoms. The van der Waals surface area contributed by atoms with Gasteiger partial charge in [-0.2, -0.15) is 0 Å². The van der Waals surface area contributed by atoms with Crippen molar-refractivity contribution in [2.24, 2.45) is 11.8 Å². The zero-order valence-electron chi connectivity index (χ0n) is 12.6. The number of rotatable bonds is 3. The fourth-order valence-electron chi connectivity index (χ4n) is 2.76. The molecule has 2 amide bonds. The van der Waals surface area contributed by atoms with Gasteiger partial charge in [0.15, 0.2) is 0 Å². The first-order valence-corrected chi connectivity index (χ1v) is 7.93. The van der Waals surface area contributed by atoms with Crippen LogP contribution in [0.25, 0.3) is 0 Å². The van der Waals surface area contributed by atoms with E-state index in [2.05, 4.69) is 15.6 Å². The number of hydrogen-bond donors (Lipinski definition) is 2. The molecule has 1 aromatic rings. The van der Waals surface area contributed by atoms with Crippen molar-refractivity contribution in [1.29, 1.82) is 0 Å². The van der Waals surface area contributed by atoms with Gasteiger partial charge in [0, 0.05) is 38.3 Å². The number of hydrogen-bond acceptors (Lipinski definition) is 4. The van der Waals surface area contributed by atoms with Crippen molar-refractivity contribution in [3.63, 3.8) is 0 Å². The zero-order chi connectivity index (χ0) is 15.5. The van der Waals surface area contributed by atoms with E-state index in [-0.39, 0.29) is 36.1 Å². The summed E-state index contributed by atoms with van der Waals surface area (Å²) in [5.41, 5.74) is 0. The molecule has 6 nitrogen and oxygen atoms in total. The third-order valence-corrected chi connectivity index (χ3v) is 4.51. The van der Waals surface area contributed by atoms with Crippen LogP contribution >= 0.6 is 24.0 Å². The lowest BCUT2D eigenvalue weighted by molar-refractivity contribution is -0.139. The molecule has 0 aliphatic carbocycles. The third kappa shape index (κ3) is 4.34. The van der Waals surface area contributed by atoms with Gasteiger partial charge in [0.05, 0.1) is 10.9 Å². The molecule has 3 heterocycles. The molecule has 2 aliphatic heterocycles. The Morgan fingerprint density at radius 1 is 1.22 bits per heavy atom. The quantitative estimate of drug-likeness (QED) is 0.859. The van der Waals surface area contributed by atoms with Gasteiger partial charge >= 0.3 is 0 Å². The summed E-state index contributed by atoms with van der Waals surface area (Å²) in [7, 11) is 0. The molecule has 0 radical (unpaired) electrons. The standard InChI is InChI=1S/C15H19ClN4O2.ClH/c16-12-1-2-13(18-9-12)19-14(21)10-3-5-20(6-4-10)15(22)11-7-17-8-11;/h1-2,9-11,17H,3-8H2,(H,18,19,21);1H. The monoisotopic (exact) mass is 358 g/mol. The van der Waals surface area contributed by atoms with Crippen LogP contribution in [-0.4, -0.2) is 47.9 Å². The molecule has 0 spiro atoms. The Labute approximate surface area is 146 Å². The largest absolute Gasteiger partial charge is 0.342 e. The minimum Gasteiger partial charge on any atom is -0.342 e. The van der Waals surface area contributed by atoms with Crippen molar-refractivity contribution in [2.75, 3.05) is 31.5 Å². The highest BCUT2D eigenvalue weighted by Gasteiger charge is 2.33. The number of carbonyl (C=O) groups excluding carboxylic acids is 2. The lowest BCUT2D eigenvalue weighted by Crippen LogP contribution is -2.53. The number of aromatic nitrogens is 1. The van der Waals surface area contributed by atoms with Crippen LogP contribution in [0.2, 0.25) is 5.02 Å². The van der Waals surface area contributed by atoms with Crippen LogP contribution in [0.4, 0.5) is 5.82 Å². The van der Waals surface area contributed by atoms with Gasteiger partial charge in [-0.1, -0.05) is 11.6 Å². The molecule has 126 valence electrons. The summed E-state index contributed by atoms with van der Waals surface area (Å²) in [6.07, 6.45) is 2.90. The summed E-state index contributed by atoms with van der Waals surface area (Å²) >= 11 is 5.77. The number of halogens is 2. The van der Waals surface area contributed by atoms with E-state index in [1.165, 1.54) is 6.20 Å². The summed E-state index contributed by atoms with van der Waals surface area (Å²) in [5.74, 6) is 0.752. The van der Waals surface area contributed by atoms with Gasteiger partial charge in [0.1, 0.15) is 5.82 Å². The van der Waals surface area contributed by atoms with E-state index in [0.29, 0.717) is 36.8 Å². The maximum absolute atomic E-state index is 12.2. The van der Waals surface area contributed by atoms with Crippen LogP contribution in [0, 0.1) is 11.8 Å². The molecular weight excluding hydrogens is 339 g/mol. The molecule has 2 fully saturated rings. The van der Waals surface area contributed by atoms with Gasteiger partial charge in [-0.05, 0) is 25.0 Å². The van der Waals surface area contributed by atoms with Crippen molar-refractivity contribution in [3.05, 3.63) is 23.4 Å². The lowest BCUT2D eigenvalue weighted by atomic mass is 9.93. The minimum absolute atomic E-state index is 0. The first-order chi connectivity index (χ1) is 10.6. The summed E-state index contributed by atoms with van der Waals surface area (Å²) < 4.78 is 0. The summed E-state index contributed by atoms with van der Waals surface area (Å²) in [6.45, 7) is 2.87. The summed E-state index contributed by atoms with van der Waals surface area (Å²) in [5, 5.41) is 6.45. The number of anilines is 1. The molecule has 1 aromatic heterocycles. The van der Waals surface area contributed by atoms with Crippen molar-refractivity contribution < 1.29 is 9.59 Å². The second-order valence-electron chi connectivity index (χ2n) is 5.81. The molecule has 0 unspecified atom stereocenters. The maximum atomic E-state index is 12.2. The number of nitrogens with one attached hydrogen (secondary N) is 2. The van der Waals surface area contributed by atoms with Crippen LogP contribution in [0.3, 0.4) is 0 Å². The second kappa shape index (κ2) is 7.95. The SMILES string of the molecule is Cl.O=C(Nc1ccc(Cl)cn1)C1CCN(C(=O)C2CNC2)CC1. The Kier molecular flexibility index (Phi) is 6.21. The van der Waals surface area contributed by atoms with Crippen LogP contribution in [0.1, 0.15) is 12.8 Å². The Morgan fingerprint density at radius 3 is 2.43 bits per heavy atom. The van der Waals surface area contributed by atoms with Gasteiger partial charge in [-0.15, -0.1) is 12.4 Å². The molecule has 23 heavy (non-hydrogen) atoms. The van der Waals surface area contributed by atoms with E-state index in [9.17, 15) is 9.59 Å². The average molecular weight is 359 g/mol. The van der Waals surface area contributed by atoms with E-state index in [4.69, 9.17) is 11.6 Å². The van der Waals surface area contributed by atoms with Crippen molar-refractivity contribution in [1.82, 2.24) is 15.2 Å². The number of likely N-dealkylation sites (tertiary alicyclic amines) is 1. The van der Waals surface area contributed by atoms with E-state index in [1.807, 2.05) is 4.90 Å². The maximum Gasteiger partial charge on any atom is 0.228 e. The number of carbonyl (C=O) groups is 2. The lowest BCUT2D eigenvalue weighted by Gasteiger charge is -2.36. The van der Waals surface area contributed by atoms with Crippen LogP contribution < -0.4 is 10.6 Å². The van der Waals surface area contributed by atoms with E-state index >= 15 is 0 Å². The van der Waals surface area contributed by atoms with Crippen LogP contribution in [0.5, 0.6) is 0 Å². The molecular formula is C15H20Cl2N4O2. The first kappa shape index (κ1) is 18.0.